The molecular weight excluding hydrogens is 359 g/mol. The van der Waals surface area contributed by atoms with Crippen LogP contribution in [-0.4, -0.2) is 20.9 Å². The van der Waals surface area contributed by atoms with E-state index in [0.29, 0.717) is 16.6 Å². The Balaban J connectivity index is 1.80. The van der Waals surface area contributed by atoms with Crippen molar-refractivity contribution in [3.05, 3.63) is 42.4 Å². The molecular formula is C18H14F3N5O. The van der Waals surface area contributed by atoms with E-state index in [-0.39, 0.29) is 28.9 Å². The van der Waals surface area contributed by atoms with Gasteiger partial charge in [-0.25, -0.2) is 9.97 Å². The van der Waals surface area contributed by atoms with Crippen LogP contribution in [0.5, 0.6) is 0 Å². The number of nitrogens with one attached hydrogen (secondary N) is 1. The Morgan fingerprint density at radius 1 is 1.22 bits per heavy atom. The molecule has 0 atom stereocenters. The highest BCUT2D eigenvalue weighted by Crippen LogP contribution is 2.37. The summed E-state index contributed by atoms with van der Waals surface area (Å²) in [5, 5.41) is 3.72. The minimum atomic E-state index is -4.55. The van der Waals surface area contributed by atoms with Gasteiger partial charge in [0.25, 0.3) is 0 Å². The predicted octanol–water partition coefficient (Wildman–Crippen LogP) is 3.64. The van der Waals surface area contributed by atoms with Crippen molar-refractivity contribution in [1.29, 1.82) is 0 Å². The van der Waals surface area contributed by atoms with E-state index in [2.05, 4.69) is 20.3 Å². The lowest BCUT2D eigenvalue weighted by Gasteiger charge is -2.13. The number of aromatic nitrogens is 3. The van der Waals surface area contributed by atoms with E-state index < -0.39 is 11.7 Å². The Labute approximate surface area is 151 Å². The molecule has 0 unspecified atom stereocenters. The summed E-state index contributed by atoms with van der Waals surface area (Å²) in [6.45, 7) is 0. The average molecular weight is 373 g/mol. The number of nitrogens with zero attached hydrogens (tertiary/aromatic N) is 3. The van der Waals surface area contributed by atoms with Gasteiger partial charge in [-0.15, -0.1) is 0 Å². The number of hydrogen-bond donors (Lipinski definition) is 2. The number of pyridine rings is 3. The molecule has 1 aliphatic carbocycles. The van der Waals surface area contributed by atoms with Crippen LogP contribution in [0.25, 0.3) is 22.0 Å². The Hall–Kier alpha value is -3.23. The zero-order valence-electron chi connectivity index (χ0n) is 13.9. The summed E-state index contributed by atoms with van der Waals surface area (Å²) in [4.78, 5) is 23.9. The maximum Gasteiger partial charge on any atom is 0.417 e. The van der Waals surface area contributed by atoms with Crippen molar-refractivity contribution in [1.82, 2.24) is 15.0 Å². The van der Waals surface area contributed by atoms with Crippen LogP contribution in [0.2, 0.25) is 0 Å². The highest BCUT2D eigenvalue weighted by atomic mass is 19.4. The third kappa shape index (κ3) is 3.40. The van der Waals surface area contributed by atoms with Crippen molar-refractivity contribution >= 4 is 28.3 Å². The third-order valence-corrected chi connectivity index (χ3v) is 4.35. The van der Waals surface area contributed by atoms with Crippen LogP contribution >= 0.6 is 0 Å². The van der Waals surface area contributed by atoms with Crippen LogP contribution in [0, 0.1) is 5.92 Å². The fourth-order valence-corrected chi connectivity index (χ4v) is 2.80. The van der Waals surface area contributed by atoms with Gasteiger partial charge >= 0.3 is 6.18 Å². The van der Waals surface area contributed by atoms with Crippen molar-refractivity contribution in [3.8, 4) is 11.3 Å². The number of halogens is 3. The lowest BCUT2D eigenvalue weighted by molar-refractivity contribution is -0.137. The van der Waals surface area contributed by atoms with Gasteiger partial charge in [-0.3, -0.25) is 9.78 Å². The van der Waals surface area contributed by atoms with Crippen molar-refractivity contribution < 1.29 is 18.0 Å². The summed E-state index contributed by atoms with van der Waals surface area (Å²) in [6.07, 6.45) is 0.770. The summed E-state index contributed by atoms with van der Waals surface area (Å²) in [6, 6.07) is 3.94. The average Bonchev–Trinajstić information content (AvgIpc) is 3.46. The van der Waals surface area contributed by atoms with Crippen molar-refractivity contribution in [2.45, 2.75) is 19.0 Å². The van der Waals surface area contributed by atoms with Gasteiger partial charge in [0.2, 0.25) is 5.91 Å². The van der Waals surface area contributed by atoms with Gasteiger partial charge in [-0.2, -0.15) is 13.2 Å². The second kappa shape index (κ2) is 6.19. The first-order valence-corrected chi connectivity index (χ1v) is 8.21. The van der Waals surface area contributed by atoms with E-state index in [1.54, 1.807) is 6.07 Å². The monoisotopic (exact) mass is 373 g/mol. The Morgan fingerprint density at radius 3 is 2.70 bits per heavy atom. The molecule has 1 fully saturated rings. The van der Waals surface area contributed by atoms with Crippen LogP contribution < -0.4 is 11.1 Å². The zero-order valence-corrected chi connectivity index (χ0v) is 13.9. The number of carbonyl (C=O) groups excluding carboxylic acids is 1. The fourth-order valence-electron chi connectivity index (χ4n) is 2.80. The Bertz CT molecular complexity index is 1050. The first-order chi connectivity index (χ1) is 12.8. The maximum atomic E-state index is 13.3. The quantitative estimate of drug-likeness (QED) is 0.731. The molecule has 138 valence electrons. The van der Waals surface area contributed by atoms with E-state index in [4.69, 9.17) is 5.73 Å². The predicted molar refractivity (Wildman–Crippen MR) is 93.5 cm³/mol. The minimum absolute atomic E-state index is 0.00491. The molecule has 0 aromatic carbocycles. The number of nitrogen functional groups attached to an aromatic ring is 1. The minimum Gasteiger partial charge on any atom is -0.383 e. The van der Waals surface area contributed by atoms with Crippen LogP contribution in [0.15, 0.2) is 36.8 Å². The van der Waals surface area contributed by atoms with Gasteiger partial charge in [-0.05, 0) is 36.4 Å². The molecule has 3 N–H and O–H groups in total. The molecule has 0 aliphatic heterocycles. The second-order valence-electron chi connectivity index (χ2n) is 6.37. The molecule has 0 spiro atoms. The van der Waals surface area contributed by atoms with Crippen molar-refractivity contribution in [2.24, 2.45) is 5.92 Å². The Kier molecular flexibility index (Phi) is 3.94. The number of nitrogens with two attached hydrogens (primary N) is 1. The molecule has 0 saturated heterocycles. The number of alkyl halides is 3. The number of rotatable bonds is 3. The lowest BCUT2D eigenvalue weighted by atomic mass is 10.0. The first kappa shape index (κ1) is 17.2. The van der Waals surface area contributed by atoms with E-state index in [1.165, 1.54) is 12.3 Å². The molecule has 3 aromatic heterocycles. The van der Waals surface area contributed by atoms with Gasteiger partial charge in [0, 0.05) is 35.5 Å². The van der Waals surface area contributed by atoms with Gasteiger partial charge < -0.3 is 11.1 Å². The molecule has 3 heterocycles. The normalized spacial score (nSPS) is 14.3. The number of fused-ring (bicyclic) bond motifs is 1. The van der Waals surface area contributed by atoms with E-state index in [1.807, 2.05) is 0 Å². The molecule has 27 heavy (non-hydrogen) atoms. The van der Waals surface area contributed by atoms with Crippen LogP contribution in [0.4, 0.5) is 24.8 Å². The van der Waals surface area contributed by atoms with Crippen molar-refractivity contribution in [2.75, 3.05) is 11.1 Å². The number of carbonyl (C=O) groups is 1. The smallest absolute Gasteiger partial charge is 0.383 e. The highest BCUT2D eigenvalue weighted by molar-refractivity contribution is 5.98. The molecule has 6 nitrogen and oxygen atoms in total. The summed E-state index contributed by atoms with van der Waals surface area (Å²) < 4.78 is 39.9. The number of anilines is 2. The largest absolute Gasteiger partial charge is 0.417 e. The number of hydrogen-bond acceptors (Lipinski definition) is 5. The summed E-state index contributed by atoms with van der Waals surface area (Å²) in [7, 11) is 0. The molecule has 0 bridgehead atoms. The zero-order chi connectivity index (χ0) is 19.2. The number of amides is 1. The van der Waals surface area contributed by atoms with Crippen LogP contribution in [0.1, 0.15) is 18.4 Å². The summed E-state index contributed by atoms with van der Waals surface area (Å²) in [5.74, 6) is 0.256. The first-order valence-electron chi connectivity index (χ1n) is 8.21. The van der Waals surface area contributed by atoms with E-state index in [0.717, 1.165) is 31.3 Å². The molecule has 4 rings (SSSR count). The van der Waals surface area contributed by atoms with Crippen molar-refractivity contribution in [3.63, 3.8) is 0 Å². The van der Waals surface area contributed by atoms with E-state index in [9.17, 15) is 18.0 Å². The fraction of sp³-hybridized carbons (Fsp3) is 0.222. The summed E-state index contributed by atoms with van der Waals surface area (Å²) in [5.41, 5.74) is 4.96. The molecule has 0 radical (unpaired) electrons. The molecule has 1 aliphatic rings. The summed E-state index contributed by atoms with van der Waals surface area (Å²) >= 11 is 0. The molecule has 1 amide bonds. The molecule has 3 aromatic rings. The SMILES string of the molecule is Nc1nc(-c2cnccc2C(F)(F)F)cc2cc(NC(=O)C3CC3)ncc12. The second-order valence-corrected chi connectivity index (χ2v) is 6.37. The van der Waals surface area contributed by atoms with Gasteiger partial charge in [0.15, 0.2) is 0 Å². The maximum absolute atomic E-state index is 13.3. The van der Waals surface area contributed by atoms with E-state index >= 15 is 0 Å². The molecule has 1 saturated carbocycles. The topological polar surface area (TPSA) is 93.8 Å². The Morgan fingerprint density at radius 2 is 2.00 bits per heavy atom. The third-order valence-electron chi connectivity index (χ3n) is 4.35. The molecule has 9 heteroatoms. The van der Waals surface area contributed by atoms with Gasteiger partial charge in [0.1, 0.15) is 11.6 Å². The highest BCUT2D eigenvalue weighted by Gasteiger charge is 2.34. The lowest BCUT2D eigenvalue weighted by Crippen LogP contribution is -2.14. The van der Waals surface area contributed by atoms with Crippen LogP contribution in [0.3, 0.4) is 0 Å². The van der Waals surface area contributed by atoms with Crippen LogP contribution in [-0.2, 0) is 11.0 Å². The standard InChI is InChI=1S/C18H14F3N5O/c19-18(20,21)13-3-4-23-7-12(13)14-5-10-6-15(26-17(27)9-1-2-9)24-8-11(10)16(22)25-14/h3-9H,1-2H2,(H2,22,25)(H,24,26,27). The van der Waals surface area contributed by atoms with Gasteiger partial charge in [0.05, 0.1) is 11.3 Å². The van der Waals surface area contributed by atoms with Gasteiger partial charge in [-0.1, -0.05) is 0 Å².